The highest BCUT2D eigenvalue weighted by atomic mass is 79.9. The number of hydrogen-bond donors (Lipinski definition) is 1. The number of nitrogens with one attached hydrogen (secondary N) is 1. The van der Waals surface area contributed by atoms with Gasteiger partial charge < -0.3 is 0 Å². The van der Waals surface area contributed by atoms with Gasteiger partial charge in [0.25, 0.3) is 10.0 Å². The summed E-state index contributed by atoms with van der Waals surface area (Å²) in [6.45, 7) is 0. The monoisotopic (exact) mass is 421 g/mol. The summed E-state index contributed by atoms with van der Waals surface area (Å²) >= 11 is 6.31. The van der Waals surface area contributed by atoms with Crippen molar-refractivity contribution in [3.8, 4) is 0 Å². The molecule has 0 radical (unpaired) electrons. The standard InChI is InChI=1S/C13H10Br2FNO2S/c14-8-9-1-4-11(5-2-9)20(18,19)17-10-3-6-13(16)12(15)7-10/h1-7,17H,8H2. The normalized spacial score (nSPS) is 11.3. The molecule has 106 valence electrons. The van der Waals surface area contributed by atoms with E-state index in [0.717, 1.165) is 5.56 Å². The molecular formula is C13H10Br2FNO2S. The van der Waals surface area contributed by atoms with Crippen molar-refractivity contribution in [2.45, 2.75) is 10.2 Å². The van der Waals surface area contributed by atoms with Crippen LogP contribution in [0.25, 0.3) is 0 Å². The van der Waals surface area contributed by atoms with Gasteiger partial charge in [-0.15, -0.1) is 0 Å². The Balaban J connectivity index is 2.27. The second kappa shape index (κ2) is 6.24. The summed E-state index contributed by atoms with van der Waals surface area (Å²) in [5.74, 6) is -0.449. The Labute approximate surface area is 133 Å². The second-order valence-corrected chi connectivity index (χ2v) is 7.11. The van der Waals surface area contributed by atoms with E-state index in [4.69, 9.17) is 0 Å². The first-order valence-corrected chi connectivity index (χ1v) is 8.95. The predicted octanol–water partition coefficient (Wildman–Crippen LogP) is 4.28. The summed E-state index contributed by atoms with van der Waals surface area (Å²) in [6, 6.07) is 10.4. The van der Waals surface area contributed by atoms with Gasteiger partial charge in [-0.3, -0.25) is 4.72 Å². The molecule has 0 heterocycles. The molecule has 20 heavy (non-hydrogen) atoms. The van der Waals surface area contributed by atoms with Gasteiger partial charge in [0.2, 0.25) is 0 Å². The first kappa shape index (κ1) is 15.5. The van der Waals surface area contributed by atoms with Crippen LogP contribution in [-0.2, 0) is 15.4 Å². The second-order valence-electron chi connectivity index (χ2n) is 4.01. The highest BCUT2D eigenvalue weighted by Crippen LogP contribution is 2.22. The van der Waals surface area contributed by atoms with Crippen LogP contribution in [0.15, 0.2) is 51.8 Å². The quantitative estimate of drug-likeness (QED) is 0.747. The van der Waals surface area contributed by atoms with E-state index in [9.17, 15) is 12.8 Å². The summed E-state index contributed by atoms with van der Waals surface area (Å²) in [7, 11) is -3.68. The van der Waals surface area contributed by atoms with Gasteiger partial charge >= 0.3 is 0 Å². The zero-order valence-corrected chi connectivity index (χ0v) is 14.1. The predicted molar refractivity (Wildman–Crippen MR) is 84.0 cm³/mol. The number of hydrogen-bond acceptors (Lipinski definition) is 2. The molecule has 0 saturated carbocycles. The molecule has 0 saturated heterocycles. The summed E-state index contributed by atoms with van der Waals surface area (Å²) in [5.41, 5.74) is 1.27. The average Bonchev–Trinajstić information content (AvgIpc) is 2.43. The van der Waals surface area contributed by atoms with E-state index in [1.807, 2.05) is 0 Å². The maximum atomic E-state index is 13.1. The number of sulfonamides is 1. The maximum Gasteiger partial charge on any atom is 0.261 e. The molecule has 2 aromatic rings. The number of halogens is 3. The van der Waals surface area contributed by atoms with Crippen LogP contribution >= 0.6 is 31.9 Å². The van der Waals surface area contributed by atoms with Crippen molar-refractivity contribution in [1.82, 2.24) is 0 Å². The third-order valence-electron chi connectivity index (χ3n) is 2.56. The minimum absolute atomic E-state index is 0.155. The van der Waals surface area contributed by atoms with E-state index in [-0.39, 0.29) is 9.37 Å². The molecule has 3 nitrogen and oxygen atoms in total. The van der Waals surface area contributed by atoms with Crippen LogP contribution in [0, 0.1) is 5.82 Å². The number of rotatable bonds is 4. The third-order valence-corrected chi connectivity index (χ3v) is 5.21. The molecule has 0 spiro atoms. The Morgan fingerprint density at radius 2 is 1.75 bits per heavy atom. The lowest BCUT2D eigenvalue weighted by atomic mass is 10.2. The fourth-order valence-electron chi connectivity index (χ4n) is 1.53. The van der Waals surface area contributed by atoms with Gasteiger partial charge in [-0.1, -0.05) is 28.1 Å². The number of alkyl halides is 1. The van der Waals surface area contributed by atoms with Crippen LogP contribution in [0.1, 0.15) is 5.56 Å². The zero-order chi connectivity index (χ0) is 14.8. The summed E-state index contributed by atoms with van der Waals surface area (Å²) in [4.78, 5) is 0.155. The lowest BCUT2D eigenvalue weighted by Crippen LogP contribution is -2.13. The van der Waals surface area contributed by atoms with Crippen molar-refractivity contribution in [2.75, 3.05) is 4.72 Å². The smallest absolute Gasteiger partial charge is 0.261 e. The minimum atomic E-state index is -3.68. The van der Waals surface area contributed by atoms with E-state index in [0.29, 0.717) is 11.0 Å². The minimum Gasteiger partial charge on any atom is -0.280 e. The molecule has 0 aromatic heterocycles. The molecule has 0 aliphatic rings. The molecule has 0 amide bonds. The third kappa shape index (κ3) is 3.59. The van der Waals surface area contributed by atoms with Crippen LogP contribution in [0.4, 0.5) is 10.1 Å². The topological polar surface area (TPSA) is 46.2 Å². The summed E-state index contributed by atoms with van der Waals surface area (Å²) < 4.78 is 40.0. The van der Waals surface area contributed by atoms with E-state index < -0.39 is 15.8 Å². The van der Waals surface area contributed by atoms with Crippen molar-refractivity contribution in [1.29, 1.82) is 0 Å². The highest BCUT2D eigenvalue weighted by Gasteiger charge is 2.14. The Bertz CT molecular complexity index is 718. The number of benzene rings is 2. The fourth-order valence-corrected chi connectivity index (χ4v) is 3.33. The van der Waals surface area contributed by atoms with Gasteiger partial charge in [0, 0.05) is 5.33 Å². The van der Waals surface area contributed by atoms with Crippen molar-refractivity contribution in [2.24, 2.45) is 0 Å². The summed E-state index contributed by atoms with van der Waals surface area (Å²) in [5, 5.41) is 0.658. The molecule has 0 aliphatic carbocycles. The molecule has 0 aliphatic heterocycles. The highest BCUT2D eigenvalue weighted by molar-refractivity contribution is 9.10. The van der Waals surface area contributed by atoms with Gasteiger partial charge in [0.05, 0.1) is 15.1 Å². The van der Waals surface area contributed by atoms with Crippen molar-refractivity contribution >= 4 is 47.6 Å². The van der Waals surface area contributed by atoms with E-state index >= 15 is 0 Å². The van der Waals surface area contributed by atoms with Crippen molar-refractivity contribution in [3.05, 3.63) is 58.3 Å². The van der Waals surface area contributed by atoms with Gasteiger partial charge in [-0.05, 0) is 51.8 Å². The first-order chi connectivity index (χ1) is 9.42. The average molecular weight is 423 g/mol. The van der Waals surface area contributed by atoms with Crippen LogP contribution < -0.4 is 4.72 Å². The van der Waals surface area contributed by atoms with E-state index in [2.05, 4.69) is 36.6 Å². The van der Waals surface area contributed by atoms with Crippen LogP contribution in [0.3, 0.4) is 0 Å². The van der Waals surface area contributed by atoms with Gasteiger partial charge in [-0.25, -0.2) is 12.8 Å². The van der Waals surface area contributed by atoms with E-state index in [1.54, 1.807) is 12.1 Å². The Kier molecular flexibility index (Phi) is 4.82. The number of anilines is 1. The molecule has 0 bridgehead atoms. The van der Waals surface area contributed by atoms with E-state index in [1.165, 1.54) is 30.3 Å². The Morgan fingerprint density at radius 3 is 2.30 bits per heavy atom. The first-order valence-electron chi connectivity index (χ1n) is 5.55. The molecule has 0 unspecified atom stereocenters. The van der Waals surface area contributed by atoms with Gasteiger partial charge in [0.15, 0.2) is 0 Å². The van der Waals surface area contributed by atoms with Crippen molar-refractivity contribution < 1.29 is 12.8 Å². The molecule has 7 heteroatoms. The lowest BCUT2D eigenvalue weighted by Gasteiger charge is -2.09. The van der Waals surface area contributed by atoms with Crippen LogP contribution in [-0.4, -0.2) is 8.42 Å². The SMILES string of the molecule is O=S(=O)(Nc1ccc(F)c(Br)c1)c1ccc(CBr)cc1. The van der Waals surface area contributed by atoms with Gasteiger partial charge in [0.1, 0.15) is 5.82 Å². The molecule has 1 N–H and O–H groups in total. The van der Waals surface area contributed by atoms with Crippen LogP contribution in [0.2, 0.25) is 0 Å². The zero-order valence-electron chi connectivity index (χ0n) is 10.1. The molecule has 0 fully saturated rings. The molecule has 2 rings (SSSR count). The van der Waals surface area contributed by atoms with Gasteiger partial charge in [-0.2, -0.15) is 0 Å². The fraction of sp³-hybridized carbons (Fsp3) is 0.0769. The molecule has 0 atom stereocenters. The Hall–Kier alpha value is -0.920. The Morgan fingerprint density at radius 1 is 1.10 bits per heavy atom. The largest absolute Gasteiger partial charge is 0.280 e. The molecule has 2 aromatic carbocycles. The van der Waals surface area contributed by atoms with Crippen LogP contribution in [0.5, 0.6) is 0 Å². The lowest BCUT2D eigenvalue weighted by molar-refractivity contribution is 0.601. The van der Waals surface area contributed by atoms with Crippen molar-refractivity contribution in [3.63, 3.8) is 0 Å². The maximum absolute atomic E-state index is 13.1. The molecular weight excluding hydrogens is 413 g/mol. The summed E-state index contributed by atoms with van der Waals surface area (Å²) in [6.07, 6.45) is 0.